The van der Waals surface area contributed by atoms with Crippen LogP contribution in [0.3, 0.4) is 0 Å². The minimum absolute atomic E-state index is 0.101. The van der Waals surface area contributed by atoms with E-state index in [9.17, 15) is 14.9 Å². The van der Waals surface area contributed by atoms with Crippen molar-refractivity contribution in [2.24, 2.45) is 5.41 Å². The van der Waals surface area contributed by atoms with E-state index in [4.69, 9.17) is 9.47 Å². The molecule has 2 amide bonds. The predicted octanol–water partition coefficient (Wildman–Crippen LogP) is 1.89. The second-order valence-corrected chi connectivity index (χ2v) is 9.59. The van der Waals surface area contributed by atoms with Gasteiger partial charge in [0.05, 0.1) is 17.5 Å². The molecule has 4 aliphatic heterocycles. The van der Waals surface area contributed by atoms with Crippen LogP contribution in [0, 0.1) is 16.7 Å². The average molecular weight is 385 g/mol. The first-order chi connectivity index (χ1) is 12.8. The highest BCUT2D eigenvalue weighted by molar-refractivity contribution is 8.04. The Morgan fingerprint density at radius 3 is 2.59 bits per heavy atom. The summed E-state index contributed by atoms with van der Waals surface area (Å²) in [6.45, 7) is 4.57. The number of carbonyl (C=O) groups excluding carboxylic acids is 2. The number of likely N-dealkylation sites (N-methyl/N-ethyl adjacent to an activating group) is 1. The first-order valence-corrected chi connectivity index (χ1v) is 9.71. The normalized spacial score (nSPS) is 39.0. The van der Waals surface area contributed by atoms with Crippen LogP contribution >= 0.6 is 11.8 Å². The molecule has 27 heavy (non-hydrogen) atoms. The molecule has 1 aromatic carbocycles. The first-order valence-electron chi connectivity index (χ1n) is 8.90. The van der Waals surface area contributed by atoms with Crippen molar-refractivity contribution in [2.45, 2.75) is 36.1 Å². The van der Waals surface area contributed by atoms with E-state index >= 15 is 0 Å². The van der Waals surface area contributed by atoms with Gasteiger partial charge in [-0.2, -0.15) is 5.26 Å². The fourth-order valence-electron chi connectivity index (χ4n) is 4.87. The van der Waals surface area contributed by atoms with Crippen LogP contribution in [0.25, 0.3) is 0 Å². The Balaban J connectivity index is 1.67. The lowest BCUT2D eigenvalue weighted by Crippen LogP contribution is -2.60. The third-order valence-corrected chi connectivity index (χ3v) is 7.96. The topological polar surface area (TPSA) is 82.9 Å². The third-order valence-electron chi connectivity index (χ3n) is 6.26. The number of rotatable bonds is 1. The molecule has 0 saturated carbocycles. The number of ether oxygens (including phenoxy) is 2. The maximum Gasteiger partial charge on any atom is 0.261 e. The van der Waals surface area contributed by atoms with Crippen molar-refractivity contribution in [3.63, 3.8) is 0 Å². The molecule has 1 aromatic rings. The van der Waals surface area contributed by atoms with E-state index < -0.39 is 21.2 Å². The molecule has 4 aliphatic rings. The Kier molecular flexibility index (Phi) is 3.04. The van der Waals surface area contributed by atoms with Gasteiger partial charge in [0.1, 0.15) is 13.2 Å². The van der Waals surface area contributed by atoms with Crippen molar-refractivity contribution < 1.29 is 19.1 Å². The predicted molar refractivity (Wildman–Crippen MR) is 96.9 cm³/mol. The van der Waals surface area contributed by atoms with Crippen molar-refractivity contribution >= 4 is 23.6 Å². The summed E-state index contributed by atoms with van der Waals surface area (Å²) in [5.41, 5.74) is -0.0880. The maximum atomic E-state index is 13.3. The van der Waals surface area contributed by atoms with Crippen molar-refractivity contribution in [1.82, 2.24) is 9.80 Å². The number of hydrogen-bond acceptors (Lipinski definition) is 6. The van der Waals surface area contributed by atoms with E-state index in [1.807, 2.05) is 25.1 Å². The van der Waals surface area contributed by atoms with E-state index in [1.54, 1.807) is 18.9 Å². The minimum Gasteiger partial charge on any atom is -0.486 e. The lowest BCUT2D eigenvalue weighted by atomic mass is 9.79. The number of thioether (sulfide) groups is 1. The fraction of sp³-hybridized carbons (Fsp3) is 0.526. The quantitative estimate of drug-likeness (QED) is 0.734. The molecular weight excluding hydrogens is 366 g/mol. The molecule has 3 fully saturated rings. The van der Waals surface area contributed by atoms with Gasteiger partial charge < -0.3 is 19.3 Å². The van der Waals surface area contributed by atoms with Crippen LogP contribution in [0.2, 0.25) is 0 Å². The summed E-state index contributed by atoms with van der Waals surface area (Å²) in [7, 11) is 1.67. The zero-order valence-electron chi connectivity index (χ0n) is 15.3. The van der Waals surface area contributed by atoms with Crippen LogP contribution in [0.1, 0.15) is 31.9 Å². The lowest BCUT2D eigenvalue weighted by Gasteiger charge is -2.40. The van der Waals surface area contributed by atoms with E-state index in [2.05, 4.69) is 6.07 Å². The summed E-state index contributed by atoms with van der Waals surface area (Å²) in [4.78, 5) is 27.7. The Bertz CT molecular complexity index is 945. The third kappa shape index (κ3) is 1.78. The molecule has 0 radical (unpaired) electrons. The second kappa shape index (κ2) is 4.90. The van der Waals surface area contributed by atoms with Crippen molar-refractivity contribution in [1.29, 1.82) is 5.26 Å². The van der Waals surface area contributed by atoms with Crippen LogP contribution in [-0.2, 0) is 9.59 Å². The first kappa shape index (κ1) is 16.8. The molecule has 1 spiro atoms. The van der Waals surface area contributed by atoms with Gasteiger partial charge >= 0.3 is 0 Å². The van der Waals surface area contributed by atoms with E-state index in [1.165, 1.54) is 16.7 Å². The van der Waals surface area contributed by atoms with Gasteiger partial charge in [-0.3, -0.25) is 9.59 Å². The van der Waals surface area contributed by atoms with Crippen LogP contribution in [0.15, 0.2) is 18.2 Å². The van der Waals surface area contributed by atoms with Crippen LogP contribution in [0.5, 0.6) is 11.5 Å². The van der Waals surface area contributed by atoms with E-state index in [0.29, 0.717) is 31.1 Å². The molecule has 0 aromatic heterocycles. The summed E-state index contributed by atoms with van der Waals surface area (Å²) in [5, 5.41) is 10.00. The van der Waals surface area contributed by atoms with Crippen molar-refractivity contribution in [3.8, 4) is 17.6 Å². The Morgan fingerprint density at radius 1 is 1.19 bits per heavy atom. The highest BCUT2D eigenvalue weighted by Gasteiger charge is 2.78. The monoisotopic (exact) mass is 385 g/mol. The molecule has 4 atom stereocenters. The summed E-state index contributed by atoms with van der Waals surface area (Å²) < 4.78 is 11.3. The van der Waals surface area contributed by atoms with Crippen LogP contribution < -0.4 is 9.47 Å². The lowest BCUT2D eigenvalue weighted by molar-refractivity contribution is -0.159. The van der Waals surface area contributed by atoms with Gasteiger partial charge in [-0.25, -0.2) is 0 Å². The van der Waals surface area contributed by atoms with Gasteiger partial charge in [-0.1, -0.05) is 17.8 Å². The van der Waals surface area contributed by atoms with Gasteiger partial charge in [-0.15, -0.1) is 0 Å². The summed E-state index contributed by atoms with van der Waals surface area (Å²) in [6, 6.07) is 7.40. The number of piperazine rings is 1. The number of amides is 2. The maximum absolute atomic E-state index is 13.3. The number of hydrogen-bond donors (Lipinski definition) is 0. The minimum atomic E-state index is -1.01. The molecular formula is C19H19N3O4S. The molecule has 0 aliphatic carbocycles. The number of nitriles is 1. The Morgan fingerprint density at radius 2 is 1.89 bits per heavy atom. The Hall–Kier alpha value is -2.40. The summed E-state index contributed by atoms with van der Waals surface area (Å²) in [6.07, 6.45) is 0.310. The van der Waals surface area contributed by atoms with Crippen LogP contribution in [0.4, 0.5) is 0 Å². The molecule has 8 heteroatoms. The standard InChI is InChI=1S/C19H19N3O4S/c1-17(10-20)9-19-16(24)21(3)18(2,27-19)15(23)22(19)14(17)11-4-5-12-13(8-11)26-7-6-25-12/h4-5,8,14H,6-7,9H2,1-3H3. The van der Waals surface area contributed by atoms with Gasteiger partial charge in [0.15, 0.2) is 21.2 Å². The van der Waals surface area contributed by atoms with Gasteiger partial charge in [0.25, 0.3) is 11.8 Å². The number of nitrogens with zero attached hydrogens (tertiary/aromatic N) is 3. The highest BCUT2D eigenvalue weighted by atomic mass is 32.2. The van der Waals surface area contributed by atoms with Gasteiger partial charge in [0, 0.05) is 13.5 Å². The van der Waals surface area contributed by atoms with Gasteiger partial charge in [0.2, 0.25) is 0 Å². The molecule has 4 unspecified atom stereocenters. The van der Waals surface area contributed by atoms with E-state index in [-0.39, 0.29) is 11.8 Å². The molecule has 7 nitrogen and oxygen atoms in total. The molecule has 0 N–H and O–H groups in total. The summed E-state index contributed by atoms with van der Waals surface area (Å²) >= 11 is 1.37. The summed E-state index contributed by atoms with van der Waals surface area (Å²) in [5.74, 6) is 1.05. The average Bonchev–Trinajstić information content (AvgIpc) is 3.14. The zero-order chi connectivity index (χ0) is 19.2. The zero-order valence-corrected chi connectivity index (χ0v) is 16.1. The van der Waals surface area contributed by atoms with Crippen molar-refractivity contribution in [3.05, 3.63) is 23.8 Å². The number of fused-ring (bicyclic) bond motifs is 2. The van der Waals surface area contributed by atoms with Crippen LogP contribution in [-0.4, -0.2) is 51.6 Å². The van der Waals surface area contributed by atoms with Gasteiger partial charge in [-0.05, 0) is 31.5 Å². The molecule has 5 rings (SSSR count). The SMILES string of the molecule is CN1C(=O)C23CC(C)(C#N)C(c4ccc5c(c4)OCCO5)N2C(=O)C1(C)S3. The number of benzene rings is 1. The van der Waals surface area contributed by atoms with E-state index in [0.717, 1.165) is 5.56 Å². The Labute approximate surface area is 161 Å². The molecule has 3 saturated heterocycles. The molecule has 2 bridgehead atoms. The second-order valence-electron chi connectivity index (χ2n) is 7.92. The highest BCUT2D eigenvalue weighted by Crippen LogP contribution is 2.69. The largest absolute Gasteiger partial charge is 0.486 e. The molecule has 4 heterocycles. The number of carbonyl (C=O) groups is 2. The van der Waals surface area contributed by atoms with Crippen molar-refractivity contribution in [2.75, 3.05) is 20.3 Å². The molecule has 140 valence electrons. The smallest absolute Gasteiger partial charge is 0.261 e. The fourth-order valence-corrected chi connectivity index (χ4v) is 6.82.